The summed E-state index contributed by atoms with van der Waals surface area (Å²) in [4.78, 5) is 19.2. The van der Waals surface area contributed by atoms with Crippen LogP contribution < -0.4 is 5.32 Å². The van der Waals surface area contributed by atoms with E-state index in [0.29, 0.717) is 17.0 Å². The number of phenols is 1. The quantitative estimate of drug-likeness (QED) is 0.374. The zero-order valence-corrected chi connectivity index (χ0v) is 20.6. The van der Waals surface area contributed by atoms with Crippen LogP contribution in [0.5, 0.6) is 5.75 Å². The number of Topliss-reactive ketones (excluding diaryl/α,β-unsaturated/α-hetero) is 1. The van der Waals surface area contributed by atoms with Crippen molar-refractivity contribution in [3.8, 4) is 16.9 Å². The molecule has 2 aromatic carbocycles. The highest BCUT2D eigenvalue weighted by molar-refractivity contribution is 6.32. The largest absolute Gasteiger partial charge is 0.504 e. The molecule has 1 aliphatic rings. The third-order valence-electron chi connectivity index (χ3n) is 6.71. The molecule has 0 aliphatic heterocycles. The molecule has 2 atom stereocenters. The number of carbonyl (C=O) groups excluding carboxylic acids is 1. The van der Waals surface area contributed by atoms with Gasteiger partial charge in [0.05, 0.1) is 21.8 Å². The number of ketones is 1. The Labute approximate surface area is 204 Å². The molecule has 1 aliphatic carbocycles. The molecule has 0 unspecified atom stereocenters. The van der Waals surface area contributed by atoms with Crippen molar-refractivity contribution in [2.75, 3.05) is 26.0 Å². The maximum atomic E-state index is 14.1. The fourth-order valence-corrected chi connectivity index (χ4v) is 5.06. The van der Waals surface area contributed by atoms with Crippen LogP contribution >= 0.6 is 11.6 Å². The number of pyridine rings is 1. The highest BCUT2D eigenvalue weighted by Crippen LogP contribution is 2.37. The molecule has 7 heteroatoms. The highest BCUT2D eigenvalue weighted by Gasteiger charge is 2.24. The van der Waals surface area contributed by atoms with Crippen molar-refractivity contribution in [1.29, 1.82) is 0 Å². The van der Waals surface area contributed by atoms with E-state index in [1.165, 1.54) is 25.0 Å². The number of phenolic OH excluding ortho intramolecular Hbond substituents is 1. The number of aromatic nitrogens is 1. The van der Waals surface area contributed by atoms with Crippen molar-refractivity contribution >= 4 is 34.0 Å². The van der Waals surface area contributed by atoms with Crippen molar-refractivity contribution in [2.24, 2.45) is 5.92 Å². The van der Waals surface area contributed by atoms with Gasteiger partial charge in [0.1, 0.15) is 0 Å². The Balaban J connectivity index is 1.71. The lowest BCUT2D eigenvalue weighted by molar-refractivity contribution is 0.101. The molecule has 5 nitrogen and oxygen atoms in total. The van der Waals surface area contributed by atoms with Gasteiger partial charge in [-0.25, -0.2) is 4.39 Å². The first-order valence-electron chi connectivity index (χ1n) is 11.8. The number of hydrogen-bond acceptors (Lipinski definition) is 5. The van der Waals surface area contributed by atoms with E-state index in [1.54, 1.807) is 13.1 Å². The van der Waals surface area contributed by atoms with Gasteiger partial charge in [-0.3, -0.25) is 9.78 Å². The lowest BCUT2D eigenvalue weighted by atomic mass is 9.83. The number of rotatable bonds is 7. The van der Waals surface area contributed by atoms with E-state index in [0.717, 1.165) is 48.0 Å². The Morgan fingerprint density at radius 1 is 1.24 bits per heavy atom. The van der Waals surface area contributed by atoms with Crippen LogP contribution in [0.4, 0.5) is 10.1 Å². The average Bonchev–Trinajstić information content (AvgIpc) is 2.81. The summed E-state index contributed by atoms with van der Waals surface area (Å²) in [5, 5.41) is 14.1. The number of carbonyl (C=O) groups is 1. The summed E-state index contributed by atoms with van der Waals surface area (Å²) >= 11 is 6.01. The molecule has 1 saturated carbocycles. The first-order valence-corrected chi connectivity index (χ1v) is 12.1. The van der Waals surface area contributed by atoms with E-state index in [2.05, 4.69) is 29.3 Å². The monoisotopic (exact) mass is 483 g/mol. The maximum Gasteiger partial charge on any atom is 0.170 e. The minimum Gasteiger partial charge on any atom is -0.504 e. The second-order valence-electron chi connectivity index (χ2n) is 9.59. The van der Waals surface area contributed by atoms with Gasteiger partial charge < -0.3 is 15.3 Å². The van der Waals surface area contributed by atoms with E-state index >= 15 is 0 Å². The molecule has 0 spiro atoms. The summed E-state index contributed by atoms with van der Waals surface area (Å²) < 4.78 is 14.1. The fourth-order valence-electron chi connectivity index (χ4n) is 4.86. The van der Waals surface area contributed by atoms with Gasteiger partial charge in [-0.15, -0.1) is 0 Å². The van der Waals surface area contributed by atoms with Gasteiger partial charge in [0, 0.05) is 17.6 Å². The van der Waals surface area contributed by atoms with Crippen molar-refractivity contribution in [1.82, 2.24) is 9.88 Å². The Morgan fingerprint density at radius 2 is 2.03 bits per heavy atom. The van der Waals surface area contributed by atoms with Crippen LogP contribution in [0.25, 0.3) is 22.0 Å². The van der Waals surface area contributed by atoms with E-state index < -0.39 is 11.6 Å². The van der Waals surface area contributed by atoms with Crippen molar-refractivity contribution < 1.29 is 14.3 Å². The molecule has 4 rings (SSSR count). The van der Waals surface area contributed by atoms with E-state index in [-0.39, 0.29) is 16.8 Å². The number of aromatic hydroxyl groups is 1. The standard InChI is InChI=1S/C27H31ClFN3O2/c1-16(33)22-15-30-25-8-7-18(19-13-23(28)27(34)24(29)14-19)12-21(25)26(22)31-20-6-4-5-17(11-20)9-10-32(2)3/h7-8,12-15,17,20,34H,4-6,9-11H2,1-3H3,(H,30,31)/t17-,20+/m1/s1. The summed E-state index contributed by atoms with van der Waals surface area (Å²) in [7, 11) is 4.21. The van der Waals surface area contributed by atoms with Gasteiger partial charge in [-0.2, -0.15) is 0 Å². The Bertz CT molecular complexity index is 1190. The summed E-state index contributed by atoms with van der Waals surface area (Å²) in [6.45, 7) is 2.62. The minimum atomic E-state index is -0.775. The van der Waals surface area contributed by atoms with Gasteiger partial charge in [0.15, 0.2) is 17.3 Å². The number of halogens is 2. The molecular weight excluding hydrogens is 453 g/mol. The first-order chi connectivity index (χ1) is 16.2. The summed E-state index contributed by atoms with van der Waals surface area (Å²) in [5.74, 6) is -0.737. The second-order valence-corrected chi connectivity index (χ2v) is 10.00. The van der Waals surface area contributed by atoms with Gasteiger partial charge >= 0.3 is 0 Å². The SMILES string of the molecule is CC(=O)c1cnc2ccc(-c3cc(F)c(O)c(Cl)c3)cc2c1N[C@H]1CCC[C@H](CCN(C)C)C1. The zero-order chi connectivity index (χ0) is 24.4. The van der Waals surface area contributed by atoms with Crippen molar-refractivity contribution in [3.05, 3.63) is 52.9 Å². The number of nitrogens with zero attached hydrogens (tertiary/aromatic N) is 2. The summed E-state index contributed by atoms with van der Waals surface area (Å²) in [6, 6.07) is 8.67. The molecule has 34 heavy (non-hydrogen) atoms. The molecule has 180 valence electrons. The van der Waals surface area contributed by atoms with Crippen LogP contribution in [-0.4, -0.2) is 47.5 Å². The zero-order valence-electron chi connectivity index (χ0n) is 19.9. The van der Waals surface area contributed by atoms with Crippen LogP contribution in [0.3, 0.4) is 0 Å². The van der Waals surface area contributed by atoms with Gasteiger partial charge in [-0.1, -0.05) is 30.5 Å². The lowest BCUT2D eigenvalue weighted by Gasteiger charge is -2.32. The van der Waals surface area contributed by atoms with Crippen LogP contribution in [0.1, 0.15) is 49.4 Å². The minimum absolute atomic E-state index is 0.0463. The number of anilines is 1. The van der Waals surface area contributed by atoms with Gasteiger partial charge in [0.2, 0.25) is 0 Å². The normalized spacial score (nSPS) is 18.4. The van der Waals surface area contributed by atoms with Crippen LogP contribution in [0.2, 0.25) is 5.02 Å². The molecule has 3 aromatic rings. The number of fused-ring (bicyclic) bond motifs is 1. The molecular formula is C27H31ClFN3O2. The summed E-state index contributed by atoms with van der Waals surface area (Å²) in [5.41, 5.74) is 3.36. The van der Waals surface area contributed by atoms with E-state index in [4.69, 9.17) is 11.6 Å². The number of benzene rings is 2. The predicted octanol–water partition coefficient (Wildman–Crippen LogP) is 6.52. The van der Waals surface area contributed by atoms with E-state index in [9.17, 15) is 14.3 Å². The molecule has 1 heterocycles. The highest BCUT2D eigenvalue weighted by atomic mass is 35.5. The smallest absolute Gasteiger partial charge is 0.170 e. The fraction of sp³-hybridized carbons (Fsp3) is 0.407. The first kappa shape index (κ1) is 24.4. The number of nitrogens with one attached hydrogen (secondary N) is 1. The average molecular weight is 484 g/mol. The third kappa shape index (κ3) is 5.34. The van der Waals surface area contributed by atoms with Crippen LogP contribution in [0, 0.1) is 11.7 Å². The molecule has 0 amide bonds. The Kier molecular flexibility index (Phi) is 7.39. The molecule has 2 N–H and O–H groups in total. The molecule has 0 bridgehead atoms. The van der Waals surface area contributed by atoms with Crippen molar-refractivity contribution in [2.45, 2.75) is 45.1 Å². The van der Waals surface area contributed by atoms with Crippen molar-refractivity contribution in [3.63, 3.8) is 0 Å². The Hall–Kier alpha value is -2.70. The predicted molar refractivity (Wildman–Crippen MR) is 136 cm³/mol. The number of hydrogen-bond donors (Lipinski definition) is 2. The second kappa shape index (κ2) is 10.3. The van der Waals surface area contributed by atoms with Crippen LogP contribution in [0.15, 0.2) is 36.5 Å². The Morgan fingerprint density at radius 3 is 2.74 bits per heavy atom. The summed E-state index contributed by atoms with van der Waals surface area (Å²) in [6.07, 6.45) is 7.31. The maximum absolute atomic E-state index is 14.1. The molecule has 0 radical (unpaired) electrons. The molecule has 1 fully saturated rings. The van der Waals surface area contributed by atoms with Gasteiger partial charge in [-0.05, 0) is 88.1 Å². The molecule has 0 saturated heterocycles. The topological polar surface area (TPSA) is 65.5 Å². The van der Waals surface area contributed by atoms with Gasteiger partial charge in [0.25, 0.3) is 0 Å². The molecule has 1 aromatic heterocycles. The van der Waals surface area contributed by atoms with E-state index in [1.807, 2.05) is 18.2 Å². The van der Waals surface area contributed by atoms with Crippen LogP contribution in [-0.2, 0) is 0 Å². The third-order valence-corrected chi connectivity index (χ3v) is 7.00. The lowest BCUT2D eigenvalue weighted by Crippen LogP contribution is -2.29.